The molecule has 1 aliphatic heterocycles. The Kier molecular flexibility index (Phi) is 5.74. The Hall–Kier alpha value is -2.83. The van der Waals surface area contributed by atoms with E-state index in [1.165, 1.54) is 6.20 Å². The van der Waals surface area contributed by atoms with E-state index in [9.17, 15) is 4.79 Å². The van der Waals surface area contributed by atoms with Gasteiger partial charge >= 0.3 is 0 Å². The molecule has 1 aromatic carbocycles. The molecule has 1 N–H and O–H groups in total. The summed E-state index contributed by atoms with van der Waals surface area (Å²) in [4.78, 5) is 16.9. The van der Waals surface area contributed by atoms with Crippen LogP contribution in [0, 0.1) is 22.7 Å². The molecule has 118 valence electrons. The van der Waals surface area contributed by atoms with Gasteiger partial charge in [-0.05, 0) is 18.7 Å². The van der Waals surface area contributed by atoms with Gasteiger partial charge in [-0.1, -0.05) is 19.1 Å². The van der Waals surface area contributed by atoms with E-state index in [1.807, 2.05) is 4.90 Å². The molecule has 1 aliphatic rings. The molecule has 0 unspecified atom stereocenters. The molecule has 0 saturated carbocycles. The highest BCUT2D eigenvalue weighted by molar-refractivity contribution is 5.99. The lowest BCUT2D eigenvalue weighted by molar-refractivity contribution is 0.0644. The quantitative estimate of drug-likeness (QED) is 0.858. The molecule has 0 aliphatic carbocycles. The number of hydrogen-bond acceptors (Lipinski definition) is 5. The number of carbonyl (C=O) groups excluding carboxylic acids is 1. The smallest absolute Gasteiger partial charge is 0.256 e. The van der Waals surface area contributed by atoms with E-state index in [0.29, 0.717) is 24.3 Å². The third kappa shape index (κ3) is 4.09. The van der Waals surface area contributed by atoms with Crippen LogP contribution in [0.3, 0.4) is 0 Å². The van der Waals surface area contributed by atoms with E-state index < -0.39 is 0 Å². The van der Waals surface area contributed by atoms with E-state index in [2.05, 4.69) is 17.1 Å². The van der Waals surface area contributed by atoms with Gasteiger partial charge in [0.25, 0.3) is 5.91 Å². The molecular weight excluding hydrogens is 290 g/mol. The highest BCUT2D eigenvalue weighted by Crippen LogP contribution is 2.18. The molecule has 1 fully saturated rings. The molecule has 0 atom stereocenters. The standard InChI is InChI=1S/C17H19N5O/c1-2-21-7-9-22(10-8-21)17(23)15-5-3-4-6-16(15)20-13-14(11-18)12-19/h3-6,13,20H,2,7-10H2,1H3. The summed E-state index contributed by atoms with van der Waals surface area (Å²) in [5, 5.41) is 20.4. The van der Waals surface area contributed by atoms with Crippen LogP contribution in [0.2, 0.25) is 0 Å². The number of nitrogens with one attached hydrogen (secondary N) is 1. The van der Waals surface area contributed by atoms with Crippen LogP contribution in [0.15, 0.2) is 36.0 Å². The van der Waals surface area contributed by atoms with Crippen molar-refractivity contribution in [3.05, 3.63) is 41.6 Å². The predicted octanol–water partition coefficient (Wildman–Crippen LogP) is 1.81. The third-order valence-electron chi connectivity index (χ3n) is 3.88. The Bertz CT molecular complexity index is 659. The SMILES string of the molecule is CCN1CCN(C(=O)c2ccccc2NC=C(C#N)C#N)CC1. The topological polar surface area (TPSA) is 83.2 Å². The summed E-state index contributed by atoms with van der Waals surface area (Å²) < 4.78 is 0. The van der Waals surface area contributed by atoms with Crippen molar-refractivity contribution in [3.63, 3.8) is 0 Å². The number of benzene rings is 1. The first-order chi connectivity index (χ1) is 11.2. The van der Waals surface area contributed by atoms with Gasteiger partial charge in [0.05, 0.1) is 11.3 Å². The van der Waals surface area contributed by atoms with Crippen LogP contribution in [-0.4, -0.2) is 48.4 Å². The molecule has 0 aromatic heterocycles. The lowest BCUT2D eigenvalue weighted by atomic mass is 10.1. The maximum atomic E-state index is 12.7. The number of likely N-dealkylation sites (N-methyl/N-ethyl adjacent to an activating group) is 1. The molecule has 6 nitrogen and oxygen atoms in total. The number of allylic oxidation sites excluding steroid dienone is 1. The second-order valence-electron chi connectivity index (χ2n) is 5.20. The van der Waals surface area contributed by atoms with Crippen LogP contribution < -0.4 is 5.32 Å². The fourth-order valence-corrected chi connectivity index (χ4v) is 2.47. The average Bonchev–Trinajstić information content (AvgIpc) is 2.62. The van der Waals surface area contributed by atoms with Gasteiger partial charge < -0.3 is 15.1 Å². The zero-order chi connectivity index (χ0) is 16.7. The van der Waals surface area contributed by atoms with Crippen molar-refractivity contribution < 1.29 is 4.79 Å². The minimum Gasteiger partial charge on any atom is -0.359 e. The fraction of sp³-hybridized carbons (Fsp3) is 0.353. The van der Waals surface area contributed by atoms with Gasteiger partial charge in [0.15, 0.2) is 0 Å². The molecule has 0 radical (unpaired) electrons. The van der Waals surface area contributed by atoms with E-state index in [1.54, 1.807) is 36.4 Å². The number of nitriles is 2. The van der Waals surface area contributed by atoms with Crippen molar-refractivity contribution in [2.45, 2.75) is 6.92 Å². The molecule has 0 bridgehead atoms. The molecular formula is C17H19N5O. The van der Waals surface area contributed by atoms with Gasteiger partial charge in [0, 0.05) is 32.4 Å². The largest absolute Gasteiger partial charge is 0.359 e. The van der Waals surface area contributed by atoms with Crippen molar-refractivity contribution in [1.29, 1.82) is 10.5 Å². The molecule has 1 saturated heterocycles. The summed E-state index contributed by atoms with van der Waals surface area (Å²) >= 11 is 0. The number of rotatable bonds is 4. The van der Waals surface area contributed by atoms with E-state index in [-0.39, 0.29) is 11.5 Å². The van der Waals surface area contributed by atoms with E-state index >= 15 is 0 Å². The van der Waals surface area contributed by atoms with Gasteiger partial charge in [0.1, 0.15) is 17.7 Å². The number of piperazine rings is 1. The summed E-state index contributed by atoms with van der Waals surface area (Å²) in [5.41, 5.74) is 1.10. The third-order valence-corrected chi connectivity index (χ3v) is 3.88. The average molecular weight is 309 g/mol. The number of carbonyl (C=O) groups is 1. The first kappa shape index (κ1) is 16.5. The van der Waals surface area contributed by atoms with Crippen molar-refractivity contribution in [2.75, 3.05) is 38.0 Å². The Labute approximate surface area is 136 Å². The molecule has 2 rings (SSSR count). The summed E-state index contributed by atoms with van der Waals surface area (Å²) in [6.07, 6.45) is 1.32. The lowest BCUT2D eigenvalue weighted by Crippen LogP contribution is -2.48. The Morgan fingerprint density at radius 3 is 2.48 bits per heavy atom. The number of anilines is 1. The Morgan fingerprint density at radius 1 is 1.22 bits per heavy atom. The second kappa shape index (κ2) is 7.98. The summed E-state index contributed by atoms with van der Waals surface area (Å²) in [5.74, 6) is -0.0345. The minimum atomic E-state index is -0.0381. The first-order valence-corrected chi connectivity index (χ1v) is 7.57. The van der Waals surface area contributed by atoms with Gasteiger partial charge in [-0.3, -0.25) is 4.79 Å². The van der Waals surface area contributed by atoms with Crippen molar-refractivity contribution in [1.82, 2.24) is 9.80 Å². The number of nitrogens with zero attached hydrogens (tertiary/aromatic N) is 4. The predicted molar refractivity (Wildman–Crippen MR) is 87.4 cm³/mol. The molecule has 0 spiro atoms. The van der Waals surface area contributed by atoms with Crippen molar-refractivity contribution in [3.8, 4) is 12.1 Å². The fourth-order valence-electron chi connectivity index (χ4n) is 2.47. The first-order valence-electron chi connectivity index (χ1n) is 7.57. The zero-order valence-corrected chi connectivity index (χ0v) is 13.1. The minimum absolute atomic E-state index is 0.0345. The molecule has 1 heterocycles. The normalized spacial score (nSPS) is 14.5. The Balaban J connectivity index is 2.14. The van der Waals surface area contributed by atoms with Crippen LogP contribution in [0.4, 0.5) is 5.69 Å². The summed E-state index contributed by atoms with van der Waals surface area (Å²) in [6.45, 7) is 6.29. The zero-order valence-electron chi connectivity index (χ0n) is 13.1. The summed E-state index contributed by atoms with van der Waals surface area (Å²) in [6, 6.07) is 10.7. The highest BCUT2D eigenvalue weighted by Gasteiger charge is 2.22. The van der Waals surface area contributed by atoms with Gasteiger partial charge in [-0.2, -0.15) is 10.5 Å². The van der Waals surface area contributed by atoms with Gasteiger partial charge in [0.2, 0.25) is 0 Å². The van der Waals surface area contributed by atoms with Crippen LogP contribution in [0.5, 0.6) is 0 Å². The Morgan fingerprint density at radius 2 is 1.87 bits per heavy atom. The monoisotopic (exact) mass is 309 g/mol. The van der Waals surface area contributed by atoms with E-state index in [0.717, 1.165) is 19.6 Å². The van der Waals surface area contributed by atoms with Crippen molar-refractivity contribution >= 4 is 11.6 Å². The lowest BCUT2D eigenvalue weighted by Gasteiger charge is -2.34. The number of para-hydroxylation sites is 1. The molecule has 6 heteroatoms. The highest BCUT2D eigenvalue weighted by atomic mass is 16.2. The maximum absolute atomic E-state index is 12.7. The van der Waals surface area contributed by atoms with Gasteiger partial charge in [-0.25, -0.2) is 0 Å². The van der Waals surface area contributed by atoms with E-state index in [4.69, 9.17) is 10.5 Å². The van der Waals surface area contributed by atoms with Crippen molar-refractivity contribution in [2.24, 2.45) is 0 Å². The van der Waals surface area contributed by atoms with Gasteiger partial charge in [-0.15, -0.1) is 0 Å². The second-order valence-corrected chi connectivity index (χ2v) is 5.20. The molecule has 1 aromatic rings. The number of hydrogen-bond donors (Lipinski definition) is 1. The van der Waals surface area contributed by atoms with Crippen LogP contribution in [-0.2, 0) is 0 Å². The maximum Gasteiger partial charge on any atom is 0.256 e. The molecule has 23 heavy (non-hydrogen) atoms. The molecule has 1 amide bonds. The number of amides is 1. The summed E-state index contributed by atoms with van der Waals surface area (Å²) in [7, 11) is 0. The van der Waals surface area contributed by atoms with Crippen LogP contribution >= 0.6 is 0 Å². The van der Waals surface area contributed by atoms with Crippen LogP contribution in [0.1, 0.15) is 17.3 Å². The van der Waals surface area contributed by atoms with Crippen LogP contribution in [0.25, 0.3) is 0 Å².